The molecular weight excluding hydrogens is 296 g/mol. The van der Waals surface area contributed by atoms with Crippen LogP contribution in [-0.2, 0) is 0 Å². The van der Waals surface area contributed by atoms with Crippen LogP contribution < -0.4 is 5.73 Å². The number of aliphatic imine (C=N–C) groups is 1. The lowest BCUT2D eigenvalue weighted by Crippen LogP contribution is -2.13. The second-order valence-electron chi connectivity index (χ2n) is 5.62. The average Bonchev–Trinajstić information content (AvgIpc) is 3.00. The molecule has 0 saturated heterocycles. The van der Waals surface area contributed by atoms with Crippen molar-refractivity contribution in [2.45, 2.75) is 0 Å². The Labute approximate surface area is 139 Å². The molecule has 0 aliphatic heterocycles. The molecular formula is C21H16N2O. The van der Waals surface area contributed by atoms with Crippen molar-refractivity contribution in [3.8, 4) is 0 Å². The van der Waals surface area contributed by atoms with Crippen molar-refractivity contribution < 1.29 is 4.42 Å². The topological polar surface area (TPSA) is 51.5 Å². The maximum absolute atomic E-state index is 6.17. The minimum absolute atomic E-state index is 0.422. The molecule has 2 N–H and O–H groups in total. The average molecular weight is 312 g/mol. The minimum atomic E-state index is 0.422. The van der Waals surface area contributed by atoms with Crippen LogP contribution in [0.3, 0.4) is 0 Å². The number of hydrogen-bond donors (Lipinski definition) is 1. The van der Waals surface area contributed by atoms with E-state index in [1.165, 1.54) is 0 Å². The summed E-state index contributed by atoms with van der Waals surface area (Å²) in [6.45, 7) is 4.00. The van der Waals surface area contributed by atoms with E-state index in [0.717, 1.165) is 33.1 Å². The van der Waals surface area contributed by atoms with Crippen molar-refractivity contribution in [2.24, 2.45) is 10.7 Å². The summed E-state index contributed by atoms with van der Waals surface area (Å²) in [6.07, 6.45) is 0. The molecule has 0 aliphatic carbocycles. The van der Waals surface area contributed by atoms with Crippen molar-refractivity contribution in [1.29, 1.82) is 0 Å². The third kappa shape index (κ3) is 2.46. The maximum atomic E-state index is 6.17. The smallest absolute Gasteiger partial charge is 0.136 e. The molecule has 1 aromatic heterocycles. The van der Waals surface area contributed by atoms with Crippen LogP contribution in [0.2, 0.25) is 0 Å². The number of amidine groups is 1. The van der Waals surface area contributed by atoms with Gasteiger partial charge in [-0.3, -0.25) is 0 Å². The zero-order valence-corrected chi connectivity index (χ0v) is 13.1. The molecule has 3 nitrogen and oxygen atoms in total. The predicted octanol–water partition coefficient (Wildman–Crippen LogP) is 4.96. The Bertz CT molecular complexity index is 1070. The van der Waals surface area contributed by atoms with Crippen LogP contribution in [0.15, 0.2) is 88.8 Å². The first-order valence-electron chi connectivity index (χ1n) is 7.72. The first-order chi connectivity index (χ1) is 11.7. The van der Waals surface area contributed by atoms with E-state index in [0.29, 0.717) is 11.5 Å². The van der Waals surface area contributed by atoms with Crippen molar-refractivity contribution in [2.75, 3.05) is 0 Å². The number of fused-ring (bicyclic) bond motifs is 3. The highest BCUT2D eigenvalue weighted by molar-refractivity contribution is 6.08. The lowest BCUT2D eigenvalue weighted by atomic mass is 10.1. The Morgan fingerprint density at radius 2 is 1.50 bits per heavy atom. The Morgan fingerprint density at radius 1 is 0.792 bits per heavy atom. The summed E-state index contributed by atoms with van der Waals surface area (Å²) < 4.78 is 5.90. The number of hydrogen-bond acceptors (Lipinski definition) is 2. The molecule has 3 heteroatoms. The van der Waals surface area contributed by atoms with E-state index in [-0.39, 0.29) is 0 Å². The lowest BCUT2D eigenvalue weighted by molar-refractivity contribution is 0.669. The second kappa shape index (κ2) is 5.70. The molecule has 0 saturated carbocycles. The van der Waals surface area contributed by atoms with Crippen LogP contribution in [0.1, 0.15) is 11.1 Å². The van der Waals surface area contributed by atoms with Crippen LogP contribution in [0, 0.1) is 0 Å². The molecule has 0 spiro atoms. The third-order valence-corrected chi connectivity index (χ3v) is 4.04. The molecule has 4 rings (SSSR count). The van der Waals surface area contributed by atoms with E-state index in [2.05, 4.69) is 17.6 Å². The van der Waals surface area contributed by atoms with Crippen LogP contribution in [0.4, 0.5) is 0 Å². The van der Waals surface area contributed by atoms with Crippen molar-refractivity contribution in [3.63, 3.8) is 0 Å². The number of furan rings is 1. The summed E-state index contributed by atoms with van der Waals surface area (Å²) >= 11 is 0. The predicted molar refractivity (Wildman–Crippen MR) is 99.9 cm³/mol. The summed E-state index contributed by atoms with van der Waals surface area (Å²) in [4.78, 5) is 4.44. The summed E-state index contributed by atoms with van der Waals surface area (Å²) in [5.74, 6) is 0.422. The molecule has 0 fully saturated rings. The molecule has 3 aromatic carbocycles. The summed E-state index contributed by atoms with van der Waals surface area (Å²) in [6, 6.07) is 23.7. The molecule has 0 bridgehead atoms. The summed E-state index contributed by atoms with van der Waals surface area (Å²) in [5, 5.41) is 2.17. The molecule has 116 valence electrons. The Hall–Kier alpha value is -3.33. The highest BCUT2D eigenvalue weighted by Crippen LogP contribution is 2.29. The lowest BCUT2D eigenvalue weighted by Gasteiger charge is -2.04. The summed E-state index contributed by atoms with van der Waals surface area (Å²) in [5.41, 5.74) is 10.2. The number of para-hydroxylation sites is 1. The van der Waals surface area contributed by atoms with Crippen LogP contribution >= 0.6 is 0 Å². The number of rotatable bonds is 3. The fourth-order valence-corrected chi connectivity index (χ4v) is 2.79. The monoisotopic (exact) mass is 312 g/mol. The van der Waals surface area contributed by atoms with Crippen molar-refractivity contribution >= 4 is 33.5 Å². The van der Waals surface area contributed by atoms with Gasteiger partial charge in [-0.1, -0.05) is 61.2 Å². The van der Waals surface area contributed by atoms with Crippen molar-refractivity contribution in [1.82, 2.24) is 0 Å². The van der Waals surface area contributed by atoms with E-state index in [4.69, 9.17) is 10.2 Å². The highest BCUT2D eigenvalue weighted by atomic mass is 16.3. The first kappa shape index (κ1) is 14.3. The molecule has 0 atom stereocenters. The number of nitrogens with zero attached hydrogens (tertiary/aromatic N) is 1. The van der Waals surface area contributed by atoms with E-state index >= 15 is 0 Å². The summed E-state index contributed by atoms with van der Waals surface area (Å²) in [7, 11) is 0. The highest BCUT2D eigenvalue weighted by Gasteiger charge is 2.08. The van der Waals surface area contributed by atoms with Gasteiger partial charge in [0.1, 0.15) is 17.0 Å². The fraction of sp³-hybridized carbons (Fsp3) is 0. The Balaban J connectivity index is 1.74. The zero-order valence-electron chi connectivity index (χ0n) is 13.1. The van der Waals surface area contributed by atoms with E-state index < -0.39 is 0 Å². The van der Waals surface area contributed by atoms with Gasteiger partial charge in [-0.2, -0.15) is 0 Å². The standard InChI is InChI=1S/C21H16N2O/c1-14(15-7-3-2-4-8-15)23-21(22)16-11-12-18-17-9-5-6-10-19(17)24-20(18)13-16/h2-13H,1H2,(H2,22,23). The molecule has 0 radical (unpaired) electrons. The Morgan fingerprint density at radius 3 is 2.33 bits per heavy atom. The second-order valence-corrected chi connectivity index (χ2v) is 5.62. The maximum Gasteiger partial charge on any atom is 0.136 e. The zero-order chi connectivity index (χ0) is 16.5. The molecule has 4 aromatic rings. The van der Waals surface area contributed by atoms with Gasteiger partial charge in [0.2, 0.25) is 0 Å². The normalized spacial score (nSPS) is 11.9. The molecule has 24 heavy (non-hydrogen) atoms. The SMILES string of the molecule is C=C(N=C(N)c1ccc2c(c1)oc1ccccc12)c1ccccc1. The van der Waals surface area contributed by atoms with Gasteiger partial charge in [0.15, 0.2) is 0 Å². The molecule has 0 unspecified atom stereocenters. The van der Waals surface area contributed by atoms with Gasteiger partial charge in [0, 0.05) is 16.3 Å². The van der Waals surface area contributed by atoms with E-state index in [1.54, 1.807) is 0 Å². The fourth-order valence-electron chi connectivity index (χ4n) is 2.79. The first-order valence-corrected chi connectivity index (χ1v) is 7.72. The molecule has 1 heterocycles. The Kier molecular flexibility index (Phi) is 3.39. The molecule has 0 amide bonds. The quantitative estimate of drug-likeness (QED) is 0.429. The van der Waals surface area contributed by atoms with Gasteiger partial charge in [0.25, 0.3) is 0 Å². The van der Waals surface area contributed by atoms with E-state index in [9.17, 15) is 0 Å². The minimum Gasteiger partial charge on any atom is -0.456 e. The third-order valence-electron chi connectivity index (χ3n) is 4.04. The van der Waals surface area contributed by atoms with Gasteiger partial charge in [-0.15, -0.1) is 0 Å². The van der Waals surface area contributed by atoms with Gasteiger partial charge in [0.05, 0.1) is 5.70 Å². The van der Waals surface area contributed by atoms with E-state index in [1.807, 2.05) is 66.7 Å². The largest absolute Gasteiger partial charge is 0.456 e. The van der Waals surface area contributed by atoms with Gasteiger partial charge < -0.3 is 10.2 Å². The van der Waals surface area contributed by atoms with Crippen LogP contribution in [0.25, 0.3) is 27.6 Å². The van der Waals surface area contributed by atoms with Crippen LogP contribution in [-0.4, -0.2) is 5.84 Å². The van der Waals surface area contributed by atoms with Crippen molar-refractivity contribution in [3.05, 3.63) is 90.5 Å². The van der Waals surface area contributed by atoms with Gasteiger partial charge >= 0.3 is 0 Å². The van der Waals surface area contributed by atoms with Gasteiger partial charge in [-0.05, 0) is 23.8 Å². The van der Waals surface area contributed by atoms with Gasteiger partial charge in [-0.25, -0.2) is 4.99 Å². The number of benzene rings is 3. The number of nitrogens with two attached hydrogens (primary N) is 1. The van der Waals surface area contributed by atoms with Crippen LogP contribution in [0.5, 0.6) is 0 Å². The molecule has 0 aliphatic rings.